The molecule has 8 heteroatoms. The van der Waals surface area contributed by atoms with Gasteiger partial charge in [-0.05, 0) is 63.0 Å². The SMILES string of the molecule is COc1ccc(C(O)=C2C(=O)C(=O)N(CCCN(C)C)[C@@H]2c2ccc(Br)cc2)cc1F. The van der Waals surface area contributed by atoms with Crippen LogP contribution < -0.4 is 4.74 Å². The van der Waals surface area contributed by atoms with Crippen LogP contribution in [0.25, 0.3) is 5.76 Å². The number of nitrogens with zero attached hydrogens (tertiary/aromatic N) is 2. The van der Waals surface area contributed by atoms with E-state index in [0.29, 0.717) is 18.5 Å². The number of hydrogen-bond donors (Lipinski definition) is 1. The highest BCUT2D eigenvalue weighted by Gasteiger charge is 2.45. The molecule has 31 heavy (non-hydrogen) atoms. The first-order chi connectivity index (χ1) is 14.7. The van der Waals surface area contributed by atoms with E-state index in [0.717, 1.165) is 17.1 Å². The molecule has 0 radical (unpaired) electrons. The van der Waals surface area contributed by atoms with Gasteiger partial charge in [0.1, 0.15) is 5.76 Å². The molecule has 3 rings (SSSR count). The number of ether oxygens (including phenoxy) is 1. The van der Waals surface area contributed by atoms with E-state index in [4.69, 9.17) is 4.74 Å². The normalized spacial score (nSPS) is 18.1. The predicted octanol–water partition coefficient (Wildman–Crippen LogP) is 3.97. The molecular formula is C23H24BrFN2O4. The van der Waals surface area contributed by atoms with Crippen molar-refractivity contribution in [2.45, 2.75) is 12.5 Å². The Labute approximate surface area is 189 Å². The Morgan fingerprint density at radius 3 is 2.45 bits per heavy atom. The van der Waals surface area contributed by atoms with E-state index >= 15 is 0 Å². The van der Waals surface area contributed by atoms with Gasteiger partial charge >= 0.3 is 0 Å². The second-order valence-corrected chi connectivity index (χ2v) is 8.47. The monoisotopic (exact) mass is 490 g/mol. The minimum Gasteiger partial charge on any atom is -0.507 e. The lowest BCUT2D eigenvalue weighted by molar-refractivity contribution is -0.139. The predicted molar refractivity (Wildman–Crippen MR) is 119 cm³/mol. The zero-order valence-corrected chi connectivity index (χ0v) is 19.1. The third-order valence-electron chi connectivity index (χ3n) is 5.16. The van der Waals surface area contributed by atoms with Crippen LogP contribution in [-0.2, 0) is 9.59 Å². The summed E-state index contributed by atoms with van der Waals surface area (Å²) in [5, 5.41) is 11.0. The fourth-order valence-corrected chi connectivity index (χ4v) is 3.89. The summed E-state index contributed by atoms with van der Waals surface area (Å²) in [5.41, 5.74) is 0.733. The zero-order valence-electron chi connectivity index (χ0n) is 17.6. The molecule has 2 aromatic rings. The van der Waals surface area contributed by atoms with Gasteiger partial charge in [0.05, 0.1) is 18.7 Å². The van der Waals surface area contributed by atoms with Crippen LogP contribution in [-0.4, -0.2) is 60.9 Å². The van der Waals surface area contributed by atoms with Gasteiger partial charge in [0, 0.05) is 16.6 Å². The van der Waals surface area contributed by atoms with E-state index < -0.39 is 29.3 Å². The number of ketones is 1. The minimum atomic E-state index is -0.786. The maximum atomic E-state index is 14.2. The lowest BCUT2D eigenvalue weighted by atomic mass is 9.95. The lowest BCUT2D eigenvalue weighted by Crippen LogP contribution is -2.32. The molecule has 164 valence electrons. The Bertz CT molecular complexity index is 1020. The van der Waals surface area contributed by atoms with Gasteiger partial charge in [-0.25, -0.2) is 4.39 Å². The first kappa shape index (κ1) is 23.0. The molecule has 1 heterocycles. The average molecular weight is 491 g/mol. The highest BCUT2D eigenvalue weighted by atomic mass is 79.9. The van der Waals surface area contributed by atoms with Crippen molar-refractivity contribution in [2.75, 3.05) is 34.3 Å². The van der Waals surface area contributed by atoms with Crippen molar-refractivity contribution in [3.63, 3.8) is 0 Å². The van der Waals surface area contributed by atoms with E-state index in [9.17, 15) is 19.1 Å². The van der Waals surface area contributed by atoms with E-state index in [1.165, 1.54) is 24.1 Å². The van der Waals surface area contributed by atoms with Gasteiger partial charge in [0.2, 0.25) is 0 Å². The Balaban J connectivity index is 2.10. The molecule has 0 aromatic heterocycles. The Hall–Kier alpha value is -2.71. The van der Waals surface area contributed by atoms with Crippen molar-refractivity contribution in [3.05, 3.63) is 69.5 Å². The number of carbonyl (C=O) groups excluding carboxylic acids is 2. The second-order valence-electron chi connectivity index (χ2n) is 7.55. The summed E-state index contributed by atoms with van der Waals surface area (Å²) in [6, 6.07) is 10.3. The van der Waals surface area contributed by atoms with E-state index in [1.54, 1.807) is 12.1 Å². The lowest BCUT2D eigenvalue weighted by Gasteiger charge is -2.26. The Morgan fingerprint density at radius 1 is 1.19 bits per heavy atom. The molecule has 1 aliphatic heterocycles. The molecule has 1 saturated heterocycles. The summed E-state index contributed by atoms with van der Waals surface area (Å²) in [6.45, 7) is 1.08. The average Bonchev–Trinajstić information content (AvgIpc) is 2.98. The van der Waals surface area contributed by atoms with Crippen LogP contribution in [0.2, 0.25) is 0 Å². The largest absolute Gasteiger partial charge is 0.507 e. The first-order valence-electron chi connectivity index (χ1n) is 9.77. The van der Waals surface area contributed by atoms with E-state index in [-0.39, 0.29) is 16.9 Å². The third kappa shape index (κ3) is 4.80. The van der Waals surface area contributed by atoms with E-state index in [2.05, 4.69) is 15.9 Å². The number of rotatable bonds is 7. The van der Waals surface area contributed by atoms with Gasteiger partial charge in [-0.2, -0.15) is 0 Å². The van der Waals surface area contributed by atoms with Gasteiger partial charge < -0.3 is 19.6 Å². The molecule has 1 aliphatic rings. The third-order valence-corrected chi connectivity index (χ3v) is 5.68. The van der Waals surface area contributed by atoms with Crippen LogP contribution in [0.15, 0.2) is 52.5 Å². The molecule has 1 atom stereocenters. The number of benzene rings is 2. The fraction of sp³-hybridized carbons (Fsp3) is 0.304. The van der Waals surface area contributed by atoms with Gasteiger partial charge in [-0.15, -0.1) is 0 Å². The van der Waals surface area contributed by atoms with Crippen LogP contribution >= 0.6 is 15.9 Å². The molecule has 0 bridgehead atoms. The van der Waals surface area contributed by atoms with Crippen LogP contribution in [0, 0.1) is 5.82 Å². The smallest absolute Gasteiger partial charge is 0.295 e. The van der Waals surface area contributed by atoms with Crippen LogP contribution in [0.1, 0.15) is 23.6 Å². The highest BCUT2D eigenvalue weighted by Crippen LogP contribution is 2.40. The highest BCUT2D eigenvalue weighted by molar-refractivity contribution is 9.10. The van der Waals surface area contributed by atoms with Gasteiger partial charge in [-0.1, -0.05) is 28.1 Å². The number of likely N-dealkylation sites (tertiary alicyclic amines) is 1. The maximum absolute atomic E-state index is 14.2. The number of hydrogen-bond acceptors (Lipinski definition) is 5. The molecule has 2 aromatic carbocycles. The summed E-state index contributed by atoms with van der Waals surface area (Å²) in [5.74, 6) is -2.53. The number of amides is 1. The molecular weight excluding hydrogens is 467 g/mol. The van der Waals surface area contributed by atoms with Crippen LogP contribution in [0.3, 0.4) is 0 Å². The zero-order chi connectivity index (χ0) is 22.7. The quantitative estimate of drug-likeness (QED) is 0.361. The molecule has 6 nitrogen and oxygen atoms in total. The van der Waals surface area contributed by atoms with Crippen molar-refractivity contribution < 1.29 is 23.8 Å². The molecule has 1 amide bonds. The van der Waals surface area contributed by atoms with Crippen LogP contribution in [0.5, 0.6) is 5.75 Å². The number of methoxy groups -OCH3 is 1. The minimum absolute atomic E-state index is 0.0187. The number of aliphatic hydroxyl groups excluding tert-OH is 1. The van der Waals surface area contributed by atoms with Gasteiger partial charge in [-0.3, -0.25) is 9.59 Å². The molecule has 1 N–H and O–H groups in total. The molecule has 0 saturated carbocycles. The van der Waals surface area contributed by atoms with Crippen molar-refractivity contribution in [2.24, 2.45) is 0 Å². The summed E-state index contributed by atoms with van der Waals surface area (Å²) in [4.78, 5) is 29.3. The second kappa shape index (κ2) is 9.62. The van der Waals surface area contributed by atoms with Crippen molar-refractivity contribution >= 4 is 33.4 Å². The maximum Gasteiger partial charge on any atom is 0.295 e. The summed E-state index contributed by atoms with van der Waals surface area (Å²) < 4.78 is 20.0. The standard InChI is InChI=1S/C23H24BrFN2O4/c1-26(2)11-4-12-27-20(14-5-8-16(24)9-6-14)19(22(29)23(27)30)21(28)15-7-10-18(31-3)17(25)13-15/h5-10,13,20,28H,4,11-12H2,1-3H3/t20-/m1/s1. The number of carbonyl (C=O) groups is 2. The molecule has 0 unspecified atom stereocenters. The van der Waals surface area contributed by atoms with Crippen molar-refractivity contribution in [3.8, 4) is 5.75 Å². The van der Waals surface area contributed by atoms with Gasteiger partial charge in [0.25, 0.3) is 11.7 Å². The first-order valence-corrected chi connectivity index (χ1v) is 10.6. The molecule has 1 fully saturated rings. The topological polar surface area (TPSA) is 70.1 Å². The Kier molecular flexibility index (Phi) is 7.12. The summed E-state index contributed by atoms with van der Waals surface area (Å²) in [6.07, 6.45) is 0.657. The van der Waals surface area contributed by atoms with Crippen molar-refractivity contribution in [1.82, 2.24) is 9.80 Å². The molecule has 0 aliphatic carbocycles. The van der Waals surface area contributed by atoms with E-state index in [1.807, 2.05) is 31.1 Å². The van der Waals surface area contributed by atoms with Crippen molar-refractivity contribution in [1.29, 1.82) is 0 Å². The Morgan fingerprint density at radius 2 is 1.87 bits per heavy atom. The van der Waals surface area contributed by atoms with Crippen LogP contribution in [0.4, 0.5) is 4.39 Å². The molecule has 0 spiro atoms. The van der Waals surface area contributed by atoms with Gasteiger partial charge in [0.15, 0.2) is 11.6 Å². The fourth-order valence-electron chi connectivity index (χ4n) is 3.63. The number of Topliss-reactive ketones (excluding diaryl/α,β-unsaturated/α-hetero) is 1. The summed E-state index contributed by atoms with van der Waals surface area (Å²) >= 11 is 3.39. The summed E-state index contributed by atoms with van der Waals surface area (Å²) in [7, 11) is 5.20. The number of aliphatic hydroxyl groups is 1. The number of halogens is 2.